The van der Waals surface area contributed by atoms with Crippen LogP contribution in [0.3, 0.4) is 0 Å². The number of benzene rings is 2. The van der Waals surface area contributed by atoms with Crippen LogP contribution in [0.5, 0.6) is 5.75 Å². The molecule has 2 N–H and O–H groups in total. The van der Waals surface area contributed by atoms with Gasteiger partial charge in [0.25, 0.3) is 5.91 Å². The number of carbonyl (C=O) groups is 1. The highest BCUT2D eigenvalue weighted by Gasteiger charge is 2.31. The maximum atomic E-state index is 13.2. The van der Waals surface area contributed by atoms with Crippen molar-refractivity contribution in [1.82, 2.24) is 10.2 Å². The summed E-state index contributed by atoms with van der Waals surface area (Å²) in [6, 6.07) is 7.97. The van der Waals surface area contributed by atoms with Gasteiger partial charge in [-0.15, -0.1) is 0 Å². The van der Waals surface area contributed by atoms with Gasteiger partial charge in [0.05, 0.1) is 5.02 Å². The van der Waals surface area contributed by atoms with Crippen LogP contribution in [0, 0.1) is 25.6 Å². The van der Waals surface area contributed by atoms with E-state index >= 15 is 0 Å². The third-order valence-corrected chi connectivity index (χ3v) is 5.81. The maximum Gasteiger partial charge on any atom is 0.251 e. The van der Waals surface area contributed by atoms with Crippen molar-refractivity contribution in [3.05, 3.63) is 63.4 Å². The van der Waals surface area contributed by atoms with Gasteiger partial charge in [-0.05, 0) is 61.7 Å². The number of halogens is 2. The molecule has 1 atom stereocenters. The van der Waals surface area contributed by atoms with Crippen LogP contribution < -0.4 is 5.32 Å². The smallest absolute Gasteiger partial charge is 0.251 e. The molecule has 1 heterocycles. The van der Waals surface area contributed by atoms with E-state index in [2.05, 4.69) is 17.1 Å². The average molecular weight is 391 g/mol. The fraction of sp³-hybridized carbons (Fsp3) is 0.381. The molecule has 1 aliphatic rings. The largest absolute Gasteiger partial charge is 0.508 e. The molecule has 0 aromatic heterocycles. The molecule has 1 amide bonds. The van der Waals surface area contributed by atoms with E-state index in [0.717, 1.165) is 24.2 Å². The Morgan fingerprint density at radius 2 is 2.00 bits per heavy atom. The van der Waals surface area contributed by atoms with Crippen LogP contribution in [0.15, 0.2) is 30.3 Å². The highest BCUT2D eigenvalue weighted by atomic mass is 35.5. The summed E-state index contributed by atoms with van der Waals surface area (Å²) >= 11 is 5.73. The summed E-state index contributed by atoms with van der Waals surface area (Å²) in [7, 11) is 0. The summed E-state index contributed by atoms with van der Waals surface area (Å²) < 4.78 is 13.2. The van der Waals surface area contributed by atoms with Gasteiger partial charge in [0.15, 0.2) is 0 Å². The van der Waals surface area contributed by atoms with Gasteiger partial charge in [-0.2, -0.15) is 0 Å². The molecule has 27 heavy (non-hydrogen) atoms. The number of phenols is 1. The molecule has 2 aromatic carbocycles. The number of amides is 1. The van der Waals surface area contributed by atoms with Gasteiger partial charge >= 0.3 is 0 Å². The number of nitrogens with zero attached hydrogens (tertiary/aromatic N) is 1. The van der Waals surface area contributed by atoms with Crippen molar-refractivity contribution in [3.8, 4) is 5.75 Å². The second-order valence-electron chi connectivity index (χ2n) is 7.26. The topological polar surface area (TPSA) is 52.6 Å². The molecule has 0 aliphatic carbocycles. The molecule has 0 saturated carbocycles. The first kappa shape index (κ1) is 19.6. The van der Waals surface area contributed by atoms with Gasteiger partial charge in [-0.1, -0.05) is 17.7 Å². The summed E-state index contributed by atoms with van der Waals surface area (Å²) in [6.07, 6.45) is 0. The molecule has 6 heteroatoms. The molecule has 0 bridgehead atoms. The van der Waals surface area contributed by atoms with E-state index in [1.54, 1.807) is 6.07 Å². The lowest BCUT2D eigenvalue weighted by Crippen LogP contribution is -2.52. The number of likely N-dealkylation sites (tertiary alicyclic amines) is 1. The molecular formula is C21H24ClFN2O2. The lowest BCUT2D eigenvalue weighted by Gasteiger charge is -2.44. The minimum absolute atomic E-state index is 0.0501. The van der Waals surface area contributed by atoms with E-state index in [9.17, 15) is 14.3 Å². The average Bonchev–Trinajstić information content (AvgIpc) is 2.60. The highest BCUT2D eigenvalue weighted by Crippen LogP contribution is 2.33. The lowest BCUT2D eigenvalue weighted by molar-refractivity contribution is 0.0569. The second kappa shape index (κ2) is 7.87. The monoisotopic (exact) mass is 390 g/mol. The Labute approximate surface area is 164 Å². The number of hydrogen-bond donors (Lipinski definition) is 2. The SMILES string of the molecule is Cc1c(O)ccc(C(C)N2CC(CNC(=O)c3ccc(F)c(Cl)c3)C2)c1C. The Kier molecular flexibility index (Phi) is 5.72. The Morgan fingerprint density at radius 3 is 2.67 bits per heavy atom. The molecule has 0 radical (unpaired) electrons. The van der Waals surface area contributed by atoms with Gasteiger partial charge in [0.1, 0.15) is 11.6 Å². The number of carbonyl (C=O) groups excluding carboxylic acids is 1. The Balaban J connectivity index is 1.52. The number of hydrogen-bond acceptors (Lipinski definition) is 3. The minimum atomic E-state index is -0.531. The van der Waals surface area contributed by atoms with E-state index < -0.39 is 5.82 Å². The zero-order chi connectivity index (χ0) is 19.7. The van der Waals surface area contributed by atoms with Crippen molar-refractivity contribution in [2.75, 3.05) is 19.6 Å². The summed E-state index contributed by atoms with van der Waals surface area (Å²) in [5, 5.41) is 12.7. The summed E-state index contributed by atoms with van der Waals surface area (Å²) in [4.78, 5) is 14.5. The number of phenolic OH excluding ortho intramolecular Hbond substituents is 1. The van der Waals surface area contributed by atoms with E-state index in [1.165, 1.54) is 23.8 Å². The van der Waals surface area contributed by atoms with E-state index in [0.29, 0.717) is 23.8 Å². The summed E-state index contributed by atoms with van der Waals surface area (Å²) in [5.41, 5.74) is 3.61. The molecule has 144 valence electrons. The zero-order valence-corrected chi connectivity index (χ0v) is 16.5. The van der Waals surface area contributed by atoms with Gasteiger partial charge in [0, 0.05) is 37.2 Å². The fourth-order valence-corrected chi connectivity index (χ4v) is 3.69. The van der Waals surface area contributed by atoms with E-state index in [-0.39, 0.29) is 17.0 Å². The first-order valence-electron chi connectivity index (χ1n) is 9.04. The molecule has 0 spiro atoms. The molecule has 1 saturated heterocycles. The third kappa shape index (κ3) is 4.09. The highest BCUT2D eigenvalue weighted by molar-refractivity contribution is 6.31. The number of aromatic hydroxyl groups is 1. The molecule has 1 aliphatic heterocycles. The van der Waals surface area contributed by atoms with Crippen molar-refractivity contribution in [1.29, 1.82) is 0 Å². The van der Waals surface area contributed by atoms with Gasteiger partial charge in [0.2, 0.25) is 0 Å². The normalized spacial score (nSPS) is 16.0. The van der Waals surface area contributed by atoms with Gasteiger partial charge in [-0.3, -0.25) is 9.69 Å². The summed E-state index contributed by atoms with van der Waals surface area (Å²) in [6.45, 7) is 8.48. The molecule has 4 nitrogen and oxygen atoms in total. The van der Waals surface area contributed by atoms with E-state index in [4.69, 9.17) is 11.6 Å². The number of nitrogens with one attached hydrogen (secondary N) is 1. The predicted octanol–water partition coefficient (Wildman–Crippen LogP) is 4.22. The van der Waals surface area contributed by atoms with Crippen LogP contribution in [0.1, 0.15) is 40.0 Å². The first-order chi connectivity index (χ1) is 12.8. The number of rotatable bonds is 5. The first-order valence-corrected chi connectivity index (χ1v) is 9.42. The Bertz CT molecular complexity index is 866. The van der Waals surface area contributed by atoms with Crippen LogP contribution in [0.2, 0.25) is 5.02 Å². The molecular weight excluding hydrogens is 367 g/mol. The van der Waals surface area contributed by atoms with Crippen molar-refractivity contribution in [2.45, 2.75) is 26.8 Å². The van der Waals surface area contributed by atoms with Crippen molar-refractivity contribution in [3.63, 3.8) is 0 Å². The van der Waals surface area contributed by atoms with Gasteiger partial charge < -0.3 is 10.4 Å². The zero-order valence-electron chi connectivity index (χ0n) is 15.7. The van der Waals surface area contributed by atoms with Crippen molar-refractivity contribution >= 4 is 17.5 Å². The van der Waals surface area contributed by atoms with Crippen LogP contribution >= 0.6 is 11.6 Å². The van der Waals surface area contributed by atoms with Crippen molar-refractivity contribution < 1.29 is 14.3 Å². The Morgan fingerprint density at radius 1 is 1.30 bits per heavy atom. The van der Waals surface area contributed by atoms with E-state index in [1.807, 2.05) is 19.9 Å². The molecule has 3 rings (SSSR count). The van der Waals surface area contributed by atoms with Crippen LogP contribution in [0.4, 0.5) is 4.39 Å². The third-order valence-electron chi connectivity index (χ3n) is 5.52. The molecule has 2 aromatic rings. The van der Waals surface area contributed by atoms with Crippen LogP contribution in [-0.2, 0) is 0 Å². The predicted molar refractivity (Wildman–Crippen MR) is 105 cm³/mol. The Hall–Kier alpha value is -2.11. The quantitative estimate of drug-likeness (QED) is 0.803. The molecule has 1 fully saturated rings. The standard InChI is InChI=1S/C21H24ClFN2O2/c1-12-13(2)20(26)7-5-17(12)14(3)25-10-15(11-25)9-24-21(27)16-4-6-19(23)18(22)8-16/h4-8,14-15,26H,9-11H2,1-3H3,(H,24,27). The van der Waals surface area contributed by atoms with Crippen LogP contribution in [0.25, 0.3) is 0 Å². The minimum Gasteiger partial charge on any atom is -0.508 e. The summed E-state index contributed by atoms with van der Waals surface area (Å²) in [5.74, 6) is -0.0654. The molecule has 1 unspecified atom stereocenters. The maximum absolute atomic E-state index is 13.2. The van der Waals surface area contributed by atoms with Crippen LogP contribution in [-0.4, -0.2) is 35.5 Å². The lowest BCUT2D eigenvalue weighted by atomic mass is 9.91. The van der Waals surface area contributed by atoms with Crippen molar-refractivity contribution in [2.24, 2.45) is 5.92 Å². The second-order valence-corrected chi connectivity index (χ2v) is 7.67. The fourth-order valence-electron chi connectivity index (χ4n) is 3.51. The van der Waals surface area contributed by atoms with Gasteiger partial charge in [-0.25, -0.2) is 4.39 Å².